The van der Waals surface area contributed by atoms with Gasteiger partial charge in [0.15, 0.2) is 0 Å². The molecular weight excluding hydrogens is 458 g/mol. The molecule has 0 radical (unpaired) electrons. The number of anilines is 1. The molecule has 0 aliphatic rings. The Kier molecular flexibility index (Phi) is 7.04. The van der Waals surface area contributed by atoms with Gasteiger partial charge in [0.25, 0.3) is 5.91 Å². The Morgan fingerprint density at radius 3 is 2.59 bits per heavy atom. The first-order valence-corrected chi connectivity index (χ1v) is 11.4. The molecule has 2 N–H and O–H groups in total. The molecule has 9 heteroatoms. The number of aromatic nitrogens is 3. The Hall–Kier alpha value is -3.56. The second-order valence-corrected chi connectivity index (χ2v) is 8.93. The summed E-state index contributed by atoms with van der Waals surface area (Å²) in [6.45, 7) is 1.86. The minimum Gasteiger partial charge on any atom is -0.382 e. The number of carbonyl (C=O) groups excluding carboxylic acids is 1. The monoisotopic (exact) mass is 480 g/mol. The van der Waals surface area contributed by atoms with Crippen LogP contribution in [0.25, 0.3) is 0 Å². The van der Waals surface area contributed by atoms with Gasteiger partial charge in [-0.25, -0.2) is 18.4 Å². The number of amides is 1. The zero-order valence-electron chi connectivity index (χ0n) is 18.3. The van der Waals surface area contributed by atoms with E-state index < -0.39 is 17.2 Å². The zero-order valence-corrected chi connectivity index (χ0v) is 19.1. The highest BCUT2D eigenvalue weighted by Crippen LogP contribution is 2.33. The van der Waals surface area contributed by atoms with Gasteiger partial charge >= 0.3 is 0 Å². The van der Waals surface area contributed by atoms with E-state index in [9.17, 15) is 18.7 Å². The van der Waals surface area contributed by atoms with E-state index in [0.29, 0.717) is 11.3 Å². The Bertz CT molecular complexity index is 1280. The van der Waals surface area contributed by atoms with Gasteiger partial charge in [-0.15, -0.1) is 11.8 Å². The number of hydrogen-bond donors (Lipinski definition) is 2. The molecule has 3 aromatic carbocycles. The van der Waals surface area contributed by atoms with Crippen molar-refractivity contribution in [2.45, 2.75) is 24.0 Å². The number of nitrogens with one attached hydrogen (secondary N) is 1. The van der Waals surface area contributed by atoms with Gasteiger partial charge in [0, 0.05) is 33.5 Å². The maximum atomic E-state index is 14.5. The first-order chi connectivity index (χ1) is 16.3. The molecule has 174 valence electrons. The fraction of sp³-hybridized carbons (Fsp3) is 0.160. The van der Waals surface area contributed by atoms with Gasteiger partial charge in [-0.3, -0.25) is 4.79 Å². The fourth-order valence-electron chi connectivity index (χ4n) is 3.48. The maximum absolute atomic E-state index is 14.5. The summed E-state index contributed by atoms with van der Waals surface area (Å²) in [5.74, 6) is -1.69. The molecule has 0 aliphatic carbocycles. The summed E-state index contributed by atoms with van der Waals surface area (Å²) < 4.78 is 29.4. The van der Waals surface area contributed by atoms with Gasteiger partial charge in [-0.05, 0) is 49.4 Å². The summed E-state index contributed by atoms with van der Waals surface area (Å²) in [6.07, 6.45) is 2.74. The lowest BCUT2D eigenvalue weighted by atomic mass is 9.95. The van der Waals surface area contributed by atoms with Crippen molar-refractivity contribution in [3.8, 4) is 0 Å². The highest BCUT2D eigenvalue weighted by Gasteiger charge is 2.33. The van der Waals surface area contributed by atoms with Crippen LogP contribution in [0.3, 0.4) is 0 Å². The lowest BCUT2D eigenvalue weighted by Crippen LogP contribution is -2.35. The number of carbonyl (C=O) groups is 1. The van der Waals surface area contributed by atoms with Crippen LogP contribution in [0.15, 0.2) is 84.3 Å². The van der Waals surface area contributed by atoms with E-state index in [-0.39, 0.29) is 23.8 Å². The second-order valence-electron chi connectivity index (χ2n) is 7.89. The third-order valence-electron chi connectivity index (χ3n) is 5.19. The van der Waals surface area contributed by atoms with Gasteiger partial charge in [-0.1, -0.05) is 23.8 Å². The smallest absolute Gasteiger partial charge is 0.255 e. The van der Waals surface area contributed by atoms with Crippen molar-refractivity contribution in [1.29, 1.82) is 0 Å². The fourth-order valence-corrected chi connectivity index (χ4v) is 4.47. The number of hydrogen-bond acceptors (Lipinski definition) is 5. The van der Waals surface area contributed by atoms with E-state index in [1.807, 2.05) is 25.1 Å². The highest BCUT2D eigenvalue weighted by molar-refractivity contribution is 7.99. The van der Waals surface area contributed by atoms with Crippen LogP contribution in [0.1, 0.15) is 21.5 Å². The van der Waals surface area contributed by atoms with Gasteiger partial charge in [0.1, 0.15) is 29.9 Å². The van der Waals surface area contributed by atoms with E-state index in [4.69, 9.17) is 0 Å². The van der Waals surface area contributed by atoms with Crippen LogP contribution in [0.4, 0.5) is 14.5 Å². The van der Waals surface area contributed by atoms with Crippen molar-refractivity contribution in [3.05, 3.63) is 108 Å². The number of thioether (sulfide) groups is 1. The Labute approximate surface area is 199 Å². The predicted molar refractivity (Wildman–Crippen MR) is 127 cm³/mol. The summed E-state index contributed by atoms with van der Waals surface area (Å²) in [5, 5.41) is 18.2. The first kappa shape index (κ1) is 23.6. The molecule has 0 aliphatic heterocycles. The average molecular weight is 481 g/mol. The van der Waals surface area contributed by atoms with Gasteiger partial charge in [-0.2, -0.15) is 5.10 Å². The van der Waals surface area contributed by atoms with Crippen molar-refractivity contribution < 1.29 is 18.7 Å². The molecule has 1 atom stereocenters. The third-order valence-corrected chi connectivity index (χ3v) is 6.42. The molecule has 1 heterocycles. The van der Waals surface area contributed by atoms with E-state index in [1.165, 1.54) is 35.2 Å². The second kappa shape index (κ2) is 10.1. The lowest BCUT2D eigenvalue weighted by Gasteiger charge is -2.28. The number of rotatable bonds is 8. The van der Waals surface area contributed by atoms with Crippen molar-refractivity contribution >= 4 is 23.4 Å². The van der Waals surface area contributed by atoms with Gasteiger partial charge in [0.05, 0.1) is 6.54 Å². The van der Waals surface area contributed by atoms with Gasteiger partial charge in [0.2, 0.25) is 0 Å². The predicted octanol–water partition coefficient (Wildman–Crippen LogP) is 4.80. The molecule has 1 aromatic heterocycles. The van der Waals surface area contributed by atoms with Crippen LogP contribution in [0.2, 0.25) is 0 Å². The average Bonchev–Trinajstić information content (AvgIpc) is 3.31. The van der Waals surface area contributed by atoms with Crippen LogP contribution >= 0.6 is 11.8 Å². The van der Waals surface area contributed by atoms with E-state index in [0.717, 1.165) is 22.6 Å². The summed E-state index contributed by atoms with van der Waals surface area (Å²) in [4.78, 5) is 17.1. The van der Waals surface area contributed by atoms with Crippen molar-refractivity contribution in [3.63, 3.8) is 0 Å². The molecule has 6 nitrogen and oxygen atoms in total. The normalized spacial score (nSPS) is 12.8. The molecule has 0 bridgehead atoms. The zero-order chi connectivity index (χ0) is 24.1. The molecule has 0 saturated heterocycles. The molecule has 4 rings (SSSR count). The molecule has 0 fully saturated rings. The number of nitrogens with zero attached hydrogens (tertiary/aromatic N) is 3. The van der Waals surface area contributed by atoms with E-state index in [2.05, 4.69) is 15.4 Å². The topological polar surface area (TPSA) is 80.0 Å². The minimum absolute atomic E-state index is 0.0288. The molecule has 1 amide bonds. The van der Waals surface area contributed by atoms with Gasteiger partial charge < -0.3 is 10.4 Å². The van der Waals surface area contributed by atoms with Crippen molar-refractivity contribution in [1.82, 2.24) is 14.8 Å². The molecule has 34 heavy (non-hydrogen) atoms. The number of benzene rings is 3. The summed E-state index contributed by atoms with van der Waals surface area (Å²) in [5.41, 5.74) is 0.486. The van der Waals surface area contributed by atoms with Crippen molar-refractivity contribution in [2.75, 3.05) is 11.1 Å². The largest absolute Gasteiger partial charge is 0.382 e. The molecule has 0 saturated carbocycles. The molecule has 4 aromatic rings. The van der Waals surface area contributed by atoms with E-state index >= 15 is 0 Å². The summed E-state index contributed by atoms with van der Waals surface area (Å²) in [6, 6.07) is 17.5. The quantitative estimate of drug-likeness (QED) is 0.354. The Balaban J connectivity index is 1.47. The van der Waals surface area contributed by atoms with Crippen LogP contribution in [-0.2, 0) is 12.1 Å². The minimum atomic E-state index is -1.67. The number of aryl methyl sites for hydroxylation is 1. The molecular formula is C25H22F2N4O2S. The maximum Gasteiger partial charge on any atom is 0.255 e. The molecule has 0 spiro atoms. The van der Waals surface area contributed by atoms with Crippen LogP contribution in [0, 0.1) is 18.6 Å². The first-order valence-electron chi connectivity index (χ1n) is 10.4. The summed E-state index contributed by atoms with van der Waals surface area (Å²) >= 11 is 1.30. The van der Waals surface area contributed by atoms with Crippen LogP contribution < -0.4 is 5.32 Å². The van der Waals surface area contributed by atoms with Crippen molar-refractivity contribution in [2.24, 2.45) is 0 Å². The van der Waals surface area contributed by atoms with E-state index in [1.54, 1.807) is 30.3 Å². The lowest BCUT2D eigenvalue weighted by molar-refractivity contribution is 0.0360. The third kappa shape index (κ3) is 5.67. The Morgan fingerprint density at radius 1 is 1.12 bits per heavy atom. The standard InChI is InChI=1S/C25H22F2N4O2S/c1-17-3-2-4-18(11-17)24(32)30-20-6-8-21(9-7-20)34-14-25(33,13-31-16-28-15-29-31)22-10-5-19(26)12-23(22)27/h2-12,15-16,33H,13-14H2,1H3,(H,30,32). The van der Waals surface area contributed by atoms with Crippen LogP contribution in [-0.4, -0.2) is 31.5 Å². The summed E-state index contributed by atoms with van der Waals surface area (Å²) in [7, 11) is 0. The molecule has 1 unspecified atom stereocenters. The SMILES string of the molecule is Cc1cccc(C(=O)Nc2ccc(SCC(O)(Cn3cncn3)c3ccc(F)cc3F)cc2)c1. The number of aliphatic hydroxyl groups is 1. The number of halogens is 2. The highest BCUT2D eigenvalue weighted by atomic mass is 32.2. The van der Waals surface area contributed by atoms with Crippen LogP contribution in [0.5, 0.6) is 0 Å². The Morgan fingerprint density at radius 2 is 1.91 bits per heavy atom.